The molecule has 2 aromatic carbocycles. The maximum atomic E-state index is 5.97. The van der Waals surface area contributed by atoms with Gasteiger partial charge in [-0.2, -0.15) is 5.10 Å². The molecule has 96 valence electrons. The zero-order valence-electron chi connectivity index (χ0n) is 10.5. The predicted octanol–water partition coefficient (Wildman–Crippen LogP) is 4.25. The monoisotopic (exact) mass is 270 g/mol. The van der Waals surface area contributed by atoms with E-state index in [-0.39, 0.29) is 6.04 Å². The molecule has 19 heavy (non-hydrogen) atoms. The van der Waals surface area contributed by atoms with Crippen molar-refractivity contribution in [1.29, 1.82) is 0 Å². The van der Waals surface area contributed by atoms with Crippen molar-refractivity contribution < 1.29 is 0 Å². The van der Waals surface area contributed by atoms with Crippen molar-refractivity contribution in [2.24, 2.45) is 0 Å². The van der Waals surface area contributed by atoms with Crippen molar-refractivity contribution >= 4 is 22.5 Å². The SMILES string of the molecule is ClCCC(c1ccccc1)n1ncc2ccccc21. The highest BCUT2D eigenvalue weighted by atomic mass is 35.5. The van der Waals surface area contributed by atoms with Crippen LogP contribution in [0.25, 0.3) is 10.9 Å². The second-order valence-electron chi connectivity index (χ2n) is 4.55. The van der Waals surface area contributed by atoms with Gasteiger partial charge in [0, 0.05) is 11.3 Å². The van der Waals surface area contributed by atoms with Gasteiger partial charge in [0.15, 0.2) is 0 Å². The molecule has 0 radical (unpaired) electrons. The molecule has 0 spiro atoms. The first kappa shape index (κ1) is 12.2. The Morgan fingerprint density at radius 1 is 1.00 bits per heavy atom. The Kier molecular flexibility index (Phi) is 3.51. The normalized spacial score (nSPS) is 12.7. The molecule has 0 aliphatic heterocycles. The molecule has 0 aliphatic carbocycles. The topological polar surface area (TPSA) is 17.8 Å². The number of aromatic nitrogens is 2. The van der Waals surface area contributed by atoms with Crippen LogP contribution in [-0.2, 0) is 0 Å². The third kappa shape index (κ3) is 2.36. The molecule has 3 heteroatoms. The van der Waals surface area contributed by atoms with E-state index in [0.29, 0.717) is 5.88 Å². The lowest BCUT2D eigenvalue weighted by Gasteiger charge is -2.18. The number of hydrogen-bond acceptors (Lipinski definition) is 1. The van der Waals surface area contributed by atoms with Gasteiger partial charge in [-0.15, -0.1) is 11.6 Å². The van der Waals surface area contributed by atoms with Crippen molar-refractivity contribution in [3.05, 3.63) is 66.4 Å². The van der Waals surface area contributed by atoms with Gasteiger partial charge >= 0.3 is 0 Å². The molecule has 0 amide bonds. The largest absolute Gasteiger partial charge is 0.257 e. The minimum absolute atomic E-state index is 0.193. The average molecular weight is 271 g/mol. The first-order valence-electron chi connectivity index (χ1n) is 6.43. The quantitative estimate of drug-likeness (QED) is 0.648. The molecule has 0 fully saturated rings. The van der Waals surface area contributed by atoms with Gasteiger partial charge in [-0.25, -0.2) is 0 Å². The third-order valence-corrected chi connectivity index (χ3v) is 3.59. The number of para-hydroxylation sites is 1. The van der Waals surface area contributed by atoms with Gasteiger partial charge in [-0.1, -0.05) is 48.5 Å². The summed E-state index contributed by atoms with van der Waals surface area (Å²) in [5, 5.41) is 5.71. The second kappa shape index (κ2) is 5.45. The molecule has 3 rings (SSSR count). The Morgan fingerprint density at radius 3 is 2.53 bits per heavy atom. The van der Waals surface area contributed by atoms with Crippen molar-refractivity contribution in [3.8, 4) is 0 Å². The van der Waals surface area contributed by atoms with E-state index in [4.69, 9.17) is 11.6 Å². The number of rotatable bonds is 4. The number of fused-ring (bicyclic) bond motifs is 1. The van der Waals surface area contributed by atoms with E-state index >= 15 is 0 Å². The lowest BCUT2D eigenvalue weighted by atomic mass is 10.0. The molecule has 2 nitrogen and oxygen atoms in total. The average Bonchev–Trinajstić information content (AvgIpc) is 2.89. The van der Waals surface area contributed by atoms with Crippen molar-refractivity contribution in [3.63, 3.8) is 0 Å². The summed E-state index contributed by atoms with van der Waals surface area (Å²) in [6, 6.07) is 18.9. The van der Waals surface area contributed by atoms with Crippen molar-refractivity contribution in [2.75, 3.05) is 5.88 Å². The molecule has 1 heterocycles. The van der Waals surface area contributed by atoms with E-state index in [1.807, 2.05) is 24.4 Å². The Labute approximate surface area is 117 Å². The van der Waals surface area contributed by atoms with Crippen molar-refractivity contribution in [1.82, 2.24) is 9.78 Å². The van der Waals surface area contributed by atoms with Gasteiger partial charge in [-0.05, 0) is 18.1 Å². The van der Waals surface area contributed by atoms with E-state index in [2.05, 4.69) is 46.2 Å². The van der Waals surface area contributed by atoms with Crippen LogP contribution in [0, 0.1) is 0 Å². The zero-order chi connectivity index (χ0) is 13.1. The van der Waals surface area contributed by atoms with Crippen LogP contribution in [0.1, 0.15) is 18.0 Å². The first-order chi connectivity index (χ1) is 9.40. The Balaban J connectivity index is 2.10. The van der Waals surface area contributed by atoms with Crippen molar-refractivity contribution in [2.45, 2.75) is 12.5 Å². The molecule has 0 aliphatic rings. The highest BCUT2D eigenvalue weighted by Gasteiger charge is 2.15. The van der Waals surface area contributed by atoms with Crippen LogP contribution in [0.15, 0.2) is 60.8 Å². The number of benzene rings is 2. The van der Waals surface area contributed by atoms with E-state index < -0.39 is 0 Å². The molecule has 0 saturated heterocycles. The van der Waals surface area contributed by atoms with Gasteiger partial charge in [0.25, 0.3) is 0 Å². The number of halogens is 1. The fourth-order valence-corrected chi connectivity index (χ4v) is 2.66. The van der Waals surface area contributed by atoms with Gasteiger partial charge in [0.1, 0.15) is 0 Å². The van der Waals surface area contributed by atoms with Crippen LogP contribution >= 0.6 is 11.6 Å². The van der Waals surface area contributed by atoms with E-state index in [1.54, 1.807) is 0 Å². The maximum absolute atomic E-state index is 5.97. The van der Waals surface area contributed by atoms with Gasteiger partial charge in [0.2, 0.25) is 0 Å². The summed E-state index contributed by atoms with van der Waals surface area (Å²) in [4.78, 5) is 0. The molecule has 1 atom stereocenters. The summed E-state index contributed by atoms with van der Waals surface area (Å²) >= 11 is 5.97. The molecular weight excluding hydrogens is 256 g/mol. The Hall–Kier alpha value is -1.80. The molecule has 0 saturated carbocycles. The summed E-state index contributed by atoms with van der Waals surface area (Å²) in [5.41, 5.74) is 2.40. The molecule has 3 aromatic rings. The van der Waals surface area contributed by atoms with Crippen LogP contribution in [0.5, 0.6) is 0 Å². The standard InChI is InChI=1S/C16H15ClN2/c17-11-10-16(13-6-2-1-3-7-13)19-15-9-5-4-8-14(15)12-18-19/h1-9,12,16H,10-11H2. The molecule has 0 bridgehead atoms. The molecule has 0 N–H and O–H groups in total. The third-order valence-electron chi connectivity index (χ3n) is 3.37. The number of nitrogens with zero attached hydrogens (tertiary/aromatic N) is 2. The molecule has 1 aromatic heterocycles. The van der Waals surface area contributed by atoms with E-state index in [0.717, 1.165) is 17.3 Å². The number of hydrogen-bond donors (Lipinski definition) is 0. The minimum Gasteiger partial charge on any atom is -0.257 e. The smallest absolute Gasteiger partial charge is 0.0787 e. The summed E-state index contributed by atoms with van der Waals surface area (Å²) in [7, 11) is 0. The summed E-state index contributed by atoms with van der Waals surface area (Å²) in [5.74, 6) is 0.619. The number of alkyl halides is 1. The van der Waals surface area contributed by atoms with E-state index in [9.17, 15) is 0 Å². The molecular formula is C16H15ClN2. The highest BCUT2D eigenvalue weighted by Crippen LogP contribution is 2.26. The van der Waals surface area contributed by atoms with Gasteiger partial charge < -0.3 is 0 Å². The minimum atomic E-state index is 0.193. The summed E-state index contributed by atoms with van der Waals surface area (Å²) < 4.78 is 2.08. The molecule has 1 unspecified atom stereocenters. The fraction of sp³-hybridized carbons (Fsp3) is 0.188. The van der Waals surface area contributed by atoms with Crippen LogP contribution in [0.3, 0.4) is 0 Å². The Bertz CT molecular complexity index is 661. The Morgan fingerprint density at radius 2 is 1.74 bits per heavy atom. The van der Waals surface area contributed by atoms with Crippen LogP contribution in [0.4, 0.5) is 0 Å². The van der Waals surface area contributed by atoms with E-state index in [1.165, 1.54) is 5.56 Å². The van der Waals surface area contributed by atoms with Gasteiger partial charge in [-0.3, -0.25) is 4.68 Å². The predicted molar refractivity (Wildman–Crippen MR) is 79.7 cm³/mol. The fourth-order valence-electron chi connectivity index (χ4n) is 2.45. The first-order valence-corrected chi connectivity index (χ1v) is 6.97. The summed E-state index contributed by atoms with van der Waals surface area (Å²) in [6.45, 7) is 0. The van der Waals surface area contributed by atoms with Gasteiger partial charge in [0.05, 0.1) is 17.8 Å². The lowest BCUT2D eigenvalue weighted by Crippen LogP contribution is -2.12. The summed E-state index contributed by atoms with van der Waals surface area (Å²) in [6.07, 6.45) is 2.79. The zero-order valence-corrected chi connectivity index (χ0v) is 11.3. The maximum Gasteiger partial charge on any atom is 0.0787 e. The lowest BCUT2D eigenvalue weighted by molar-refractivity contribution is 0.527. The van der Waals surface area contributed by atoms with Crippen LogP contribution in [0.2, 0.25) is 0 Å². The second-order valence-corrected chi connectivity index (χ2v) is 4.93. The van der Waals surface area contributed by atoms with Crippen LogP contribution in [-0.4, -0.2) is 15.7 Å². The highest BCUT2D eigenvalue weighted by molar-refractivity contribution is 6.17. The van der Waals surface area contributed by atoms with Crippen LogP contribution < -0.4 is 0 Å².